The third-order valence-corrected chi connectivity index (χ3v) is 3.97. The lowest BCUT2D eigenvalue weighted by Gasteiger charge is -2.02. The van der Waals surface area contributed by atoms with E-state index in [0.717, 1.165) is 5.69 Å². The molecule has 1 aromatic rings. The van der Waals surface area contributed by atoms with E-state index in [9.17, 15) is 8.42 Å². The zero-order chi connectivity index (χ0) is 11.5. The summed E-state index contributed by atoms with van der Waals surface area (Å²) in [6.45, 7) is 4.03. The van der Waals surface area contributed by atoms with Crippen molar-refractivity contribution in [3.63, 3.8) is 0 Å². The van der Waals surface area contributed by atoms with Crippen molar-refractivity contribution in [1.29, 1.82) is 0 Å². The molecule has 0 spiro atoms. The van der Waals surface area contributed by atoms with E-state index < -0.39 is 9.84 Å². The van der Waals surface area contributed by atoms with Gasteiger partial charge in [-0.3, -0.25) is 4.68 Å². The molecule has 86 valence electrons. The first-order valence-electron chi connectivity index (χ1n) is 4.94. The Morgan fingerprint density at radius 1 is 1.47 bits per heavy atom. The predicted molar refractivity (Wildman–Crippen MR) is 60.3 cm³/mol. The second-order valence-corrected chi connectivity index (χ2v) is 5.89. The molecule has 1 heterocycles. The molecule has 6 heteroatoms. The van der Waals surface area contributed by atoms with Gasteiger partial charge >= 0.3 is 0 Å². The molecule has 1 aromatic heterocycles. The molecule has 0 aliphatic rings. The number of nitrogens with zero attached hydrogens (tertiary/aromatic N) is 2. The molecule has 5 nitrogen and oxygen atoms in total. The molecule has 0 atom stereocenters. The Kier molecular flexibility index (Phi) is 3.73. The van der Waals surface area contributed by atoms with Gasteiger partial charge in [-0.15, -0.1) is 0 Å². The van der Waals surface area contributed by atoms with Crippen molar-refractivity contribution in [2.45, 2.75) is 26.8 Å². The summed E-state index contributed by atoms with van der Waals surface area (Å²) in [6.07, 6.45) is 2.32. The van der Waals surface area contributed by atoms with E-state index in [4.69, 9.17) is 5.73 Å². The molecule has 0 saturated carbocycles. The minimum Gasteiger partial charge on any atom is -0.396 e. The molecule has 15 heavy (non-hydrogen) atoms. The Hall–Kier alpha value is -1.04. The zero-order valence-electron chi connectivity index (χ0n) is 9.10. The van der Waals surface area contributed by atoms with Gasteiger partial charge in [0.15, 0.2) is 9.84 Å². The maximum Gasteiger partial charge on any atom is 0.152 e. The van der Waals surface area contributed by atoms with E-state index in [0.29, 0.717) is 18.7 Å². The summed E-state index contributed by atoms with van der Waals surface area (Å²) in [5.41, 5.74) is 6.94. The smallest absolute Gasteiger partial charge is 0.152 e. The molecular formula is C9H17N3O2S. The number of nitrogens with two attached hydrogens (primary N) is 1. The van der Waals surface area contributed by atoms with Gasteiger partial charge in [-0.05, 0) is 13.3 Å². The first-order chi connectivity index (χ1) is 6.94. The molecule has 0 bridgehead atoms. The van der Waals surface area contributed by atoms with Gasteiger partial charge in [0.05, 0.1) is 23.7 Å². The van der Waals surface area contributed by atoms with E-state index in [1.165, 1.54) is 0 Å². The fourth-order valence-electron chi connectivity index (χ4n) is 1.29. The summed E-state index contributed by atoms with van der Waals surface area (Å²) in [5.74, 6) is 0.365. The number of hydrogen-bond donors (Lipinski definition) is 1. The summed E-state index contributed by atoms with van der Waals surface area (Å²) in [7, 11) is -2.94. The molecule has 0 radical (unpaired) electrons. The van der Waals surface area contributed by atoms with Gasteiger partial charge in [0.2, 0.25) is 0 Å². The van der Waals surface area contributed by atoms with Crippen LogP contribution < -0.4 is 5.73 Å². The monoisotopic (exact) mass is 231 g/mol. The van der Waals surface area contributed by atoms with E-state index in [1.54, 1.807) is 17.8 Å². The van der Waals surface area contributed by atoms with Gasteiger partial charge in [0.1, 0.15) is 0 Å². The Morgan fingerprint density at radius 3 is 2.60 bits per heavy atom. The number of aromatic nitrogens is 2. The van der Waals surface area contributed by atoms with Gasteiger partial charge in [-0.2, -0.15) is 5.10 Å². The topological polar surface area (TPSA) is 78.0 Å². The van der Waals surface area contributed by atoms with Crippen LogP contribution in [0.25, 0.3) is 0 Å². The second kappa shape index (κ2) is 4.65. The third kappa shape index (κ3) is 3.54. The lowest BCUT2D eigenvalue weighted by Crippen LogP contribution is -2.16. The van der Waals surface area contributed by atoms with Crippen LogP contribution in [0.2, 0.25) is 0 Å². The van der Waals surface area contributed by atoms with Gasteiger partial charge in [-0.1, -0.05) is 6.92 Å². The maximum absolute atomic E-state index is 11.4. The van der Waals surface area contributed by atoms with E-state index in [2.05, 4.69) is 5.10 Å². The number of rotatable bonds is 5. The van der Waals surface area contributed by atoms with E-state index in [1.807, 2.05) is 6.92 Å². The van der Waals surface area contributed by atoms with Crippen molar-refractivity contribution < 1.29 is 8.42 Å². The summed E-state index contributed by atoms with van der Waals surface area (Å²) >= 11 is 0. The maximum atomic E-state index is 11.4. The van der Waals surface area contributed by atoms with E-state index >= 15 is 0 Å². The fraction of sp³-hybridized carbons (Fsp3) is 0.667. The molecule has 0 aliphatic carbocycles. The van der Waals surface area contributed by atoms with Crippen LogP contribution in [0.15, 0.2) is 6.20 Å². The number of sulfone groups is 1. The van der Waals surface area contributed by atoms with Crippen molar-refractivity contribution in [2.24, 2.45) is 0 Å². The minimum absolute atomic E-state index is 0.126. The summed E-state index contributed by atoms with van der Waals surface area (Å²) < 4.78 is 24.4. The number of anilines is 1. The molecule has 2 N–H and O–H groups in total. The van der Waals surface area contributed by atoms with Crippen LogP contribution in [0.1, 0.15) is 19.0 Å². The molecule has 0 unspecified atom stereocenters. The molecular weight excluding hydrogens is 214 g/mol. The summed E-state index contributed by atoms with van der Waals surface area (Å²) in [5, 5.41) is 4.10. The van der Waals surface area contributed by atoms with Crippen molar-refractivity contribution in [3.8, 4) is 0 Å². The van der Waals surface area contributed by atoms with Crippen LogP contribution in [-0.2, 0) is 16.4 Å². The molecule has 0 amide bonds. The number of hydrogen-bond acceptors (Lipinski definition) is 4. The minimum atomic E-state index is -2.94. The number of nitrogen functional groups attached to an aromatic ring is 1. The zero-order valence-corrected chi connectivity index (χ0v) is 9.92. The summed E-state index contributed by atoms with van der Waals surface area (Å²) in [4.78, 5) is 0. The third-order valence-electron chi connectivity index (χ3n) is 2.13. The Morgan fingerprint density at radius 2 is 2.13 bits per heavy atom. The molecule has 1 rings (SSSR count). The van der Waals surface area contributed by atoms with Gasteiger partial charge in [0.25, 0.3) is 0 Å². The highest BCUT2D eigenvalue weighted by Gasteiger charge is 2.10. The van der Waals surface area contributed by atoms with Crippen molar-refractivity contribution >= 4 is 15.5 Å². The second-order valence-electron chi connectivity index (χ2n) is 3.58. The average Bonchev–Trinajstić information content (AvgIpc) is 2.44. The molecule has 0 aromatic carbocycles. The Labute approximate surface area is 90.2 Å². The van der Waals surface area contributed by atoms with E-state index in [-0.39, 0.29) is 11.5 Å². The first kappa shape index (κ1) is 12.0. The lowest BCUT2D eigenvalue weighted by molar-refractivity contribution is 0.578. The van der Waals surface area contributed by atoms with Gasteiger partial charge in [0, 0.05) is 11.9 Å². The highest BCUT2D eigenvalue weighted by molar-refractivity contribution is 7.91. The van der Waals surface area contributed by atoms with Gasteiger partial charge < -0.3 is 5.73 Å². The lowest BCUT2D eigenvalue weighted by atomic mass is 10.4. The fourth-order valence-corrected chi connectivity index (χ4v) is 2.58. The predicted octanol–water partition coefficient (Wildman–Crippen LogP) is 0.599. The largest absolute Gasteiger partial charge is 0.396 e. The van der Waals surface area contributed by atoms with Crippen LogP contribution in [0.4, 0.5) is 5.69 Å². The highest BCUT2D eigenvalue weighted by atomic mass is 32.2. The van der Waals surface area contributed by atoms with Gasteiger partial charge in [-0.25, -0.2) is 8.42 Å². The normalized spacial score (nSPS) is 11.9. The highest BCUT2D eigenvalue weighted by Crippen LogP contribution is 2.06. The van der Waals surface area contributed by atoms with Crippen molar-refractivity contribution in [3.05, 3.63) is 11.9 Å². The quantitative estimate of drug-likeness (QED) is 0.805. The van der Waals surface area contributed by atoms with Crippen LogP contribution in [-0.4, -0.2) is 29.7 Å². The number of aryl methyl sites for hydroxylation is 2. The SMILES string of the molecule is CCCS(=O)(=O)CCn1cc(N)c(C)n1. The average molecular weight is 231 g/mol. The van der Waals surface area contributed by atoms with Crippen LogP contribution in [0.3, 0.4) is 0 Å². The Bertz CT molecular complexity index is 403. The standard InChI is InChI=1S/C9H17N3O2S/c1-3-5-15(13,14)6-4-12-7-9(10)8(2)11-12/h7H,3-6,10H2,1-2H3. The van der Waals surface area contributed by atoms with Crippen LogP contribution in [0.5, 0.6) is 0 Å². The van der Waals surface area contributed by atoms with Crippen LogP contribution in [0, 0.1) is 6.92 Å². The summed E-state index contributed by atoms with van der Waals surface area (Å²) in [6, 6.07) is 0. The van der Waals surface area contributed by atoms with Crippen LogP contribution >= 0.6 is 0 Å². The molecule has 0 saturated heterocycles. The first-order valence-corrected chi connectivity index (χ1v) is 6.76. The van der Waals surface area contributed by atoms with Crippen molar-refractivity contribution in [1.82, 2.24) is 9.78 Å². The van der Waals surface area contributed by atoms with Crippen molar-refractivity contribution in [2.75, 3.05) is 17.2 Å². The molecule has 0 fully saturated rings. The molecule has 0 aliphatic heterocycles. The Balaban J connectivity index is 2.57.